The number of methoxy groups -OCH3 is 1. The number of hydrogen-bond acceptors (Lipinski definition) is 5. The number of piperidine rings is 1. The second kappa shape index (κ2) is 5.79. The molecule has 0 aliphatic carbocycles. The fraction of sp³-hybridized carbons (Fsp3) is 0.462. The molecule has 1 aliphatic heterocycles. The number of Topliss-reactive ketones (excluding diaryl/α,β-unsaturated/α-hetero) is 1. The van der Waals surface area contributed by atoms with E-state index in [2.05, 4.69) is 0 Å². The van der Waals surface area contributed by atoms with Crippen molar-refractivity contribution in [2.75, 3.05) is 20.2 Å². The summed E-state index contributed by atoms with van der Waals surface area (Å²) in [5.74, 6) is 0.691. The number of carbonyl (C=O) groups excluding carboxylic acids is 1. The first-order valence-corrected chi connectivity index (χ1v) is 6.15. The lowest BCUT2D eigenvalue weighted by Gasteiger charge is -2.25. The molecule has 1 fully saturated rings. The highest BCUT2D eigenvalue weighted by molar-refractivity contribution is 5.81. The molecule has 1 saturated heterocycles. The summed E-state index contributed by atoms with van der Waals surface area (Å²) in [4.78, 5) is 23.8. The Hall–Kier alpha value is -1.95. The largest absolute Gasteiger partial charge is 0.496 e. The molecule has 0 radical (unpaired) electrons. The van der Waals surface area contributed by atoms with Crippen LogP contribution in [0.25, 0.3) is 0 Å². The lowest BCUT2D eigenvalue weighted by Crippen LogP contribution is -2.34. The Morgan fingerprint density at radius 2 is 2.21 bits per heavy atom. The zero-order chi connectivity index (χ0) is 13.8. The number of nitrogens with zero attached hydrogens (tertiary/aromatic N) is 2. The number of nitro groups is 1. The van der Waals surface area contributed by atoms with Crippen molar-refractivity contribution in [1.82, 2.24) is 4.90 Å². The van der Waals surface area contributed by atoms with Gasteiger partial charge in [0.25, 0.3) is 5.69 Å². The van der Waals surface area contributed by atoms with Crippen LogP contribution in [0.15, 0.2) is 18.2 Å². The molecule has 2 rings (SSSR count). The highest BCUT2D eigenvalue weighted by Gasteiger charge is 2.18. The molecule has 1 aliphatic rings. The fourth-order valence-electron chi connectivity index (χ4n) is 2.26. The molecular formula is C13H16N2O4. The molecule has 0 atom stereocenters. The van der Waals surface area contributed by atoms with Crippen molar-refractivity contribution in [3.63, 3.8) is 0 Å². The zero-order valence-electron chi connectivity index (χ0n) is 10.8. The van der Waals surface area contributed by atoms with E-state index in [9.17, 15) is 14.9 Å². The minimum Gasteiger partial charge on any atom is -0.496 e. The number of nitro benzene ring substituents is 1. The second-order valence-corrected chi connectivity index (χ2v) is 4.65. The van der Waals surface area contributed by atoms with Crippen LogP contribution < -0.4 is 4.74 Å². The van der Waals surface area contributed by atoms with Crippen LogP contribution in [-0.4, -0.2) is 35.8 Å². The predicted molar refractivity (Wildman–Crippen MR) is 69.2 cm³/mol. The Labute approximate surface area is 111 Å². The van der Waals surface area contributed by atoms with Gasteiger partial charge in [-0.15, -0.1) is 0 Å². The standard InChI is InChI=1S/C13H16N2O4/c1-19-13-6-10(5-11(7-13)15(17)18)8-14-4-2-3-12(16)9-14/h5-7H,2-4,8-9H2,1H3. The van der Waals surface area contributed by atoms with E-state index in [0.717, 1.165) is 18.5 Å². The van der Waals surface area contributed by atoms with Crippen LogP contribution in [0.5, 0.6) is 5.75 Å². The fourth-order valence-corrected chi connectivity index (χ4v) is 2.26. The van der Waals surface area contributed by atoms with E-state index in [4.69, 9.17) is 4.74 Å². The summed E-state index contributed by atoms with van der Waals surface area (Å²) in [6.45, 7) is 1.80. The van der Waals surface area contributed by atoms with Gasteiger partial charge in [0.15, 0.2) is 0 Å². The SMILES string of the molecule is COc1cc(CN2CCCC(=O)C2)cc([N+](=O)[O-])c1. The Morgan fingerprint density at radius 3 is 2.84 bits per heavy atom. The molecule has 0 N–H and O–H groups in total. The highest BCUT2D eigenvalue weighted by atomic mass is 16.6. The molecule has 0 amide bonds. The van der Waals surface area contributed by atoms with E-state index in [0.29, 0.717) is 25.3 Å². The summed E-state index contributed by atoms with van der Waals surface area (Å²) < 4.78 is 5.07. The third kappa shape index (κ3) is 3.51. The summed E-state index contributed by atoms with van der Waals surface area (Å²) in [5, 5.41) is 10.8. The van der Waals surface area contributed by atoms with Gasteiger partial charge in [-0.25, -0.2) is 0 Å². The van der Waals surface area contributed by atoms with Crippen LogP contribution in [0.1, 0.15) is 18.4 Å². The lowest BCUT2D eigenvalue weighted by molar-refractivity contribution is -0.385. The van der Waals surface area contributed by atoms with E-state index in [-0.39, 0.29) is 11.5 Å². The van der Waals surface area contributed by atoms with Crippen LogP contribution in [0.3, 0.4) is 0 Å². The summed E-state index contributed by atoms with van der Waals surface area (Å²) in [7, 11) is 1.48. The average Bonchev–Trinajstić information content (AvgIpc) is 2.38. The summed E-state index contributed by atoms with van der Waals surface area (Å²) in [5.41, 5.74) is 0.804. The number of rotatable bonds is 4. The monoisotopic (exact) mass is 264 g/mol. The number of carbonyl (C=O) groups is 1. The van der Waals surface area contributed by atoms with Crippen molar-refractivity contribution in [2.45, 2.75) is 19.4 Å². The molecule has 6 nitrogen and oxygen atoms in total. The quantitative estimate of drug-likeness (QED) is 0.612. The molecule has 0 saturated carbocycles. The molecule has 0 bridgehead atoms. The molecule has 1 aromatic rings. The third-order valence-corrected chi connectivity index (χ3v) is 3.13. The number of ether oxygens (including phenoxy) is 1. The Balaban J connectivity index is 2.16. The molecule has 0 unspecified atom stereocenters. The minimum atomic E-state index is -0.437. The maximum Gasteiger partial charge on any atom is 0.273 e. The van der Waals surface area contributed by atoms with Gasteiger partial charge in [0, 0.05) is 19.0 Å². The number of benzene rings is 1. The van der Waals surface area contributed by atoms with Gasteiger partial charge in [-0.2, -0.15) is 0 Å². The topological polar surface area (TPSA) is 72.7 Å². The van der Waals surface area contributed by atoms with E-state index in [1.165, 1.54) is 19.2 Å². The van der Waals surface area contributed by atoms with Gasteiger partial charge in [0.1, 0.15) is 11.5 Å². The van der Waals surface area contributed by atoms with Gasteiger partial charge in [-0.3, -0.25) is 19.8 Å². The Morgan fingerprint density at radius 1 is 1.42 bits per heavy atom. The predicted octanol–water partition coefficient (Wildman–Crippen LogP) is 1.77. The summed E-state index contributed by atoms with van der Waals surface area (Å²) in [6.07, 6.45) is 1.49. The maximum atomic E-state index is 11.4. The number of non-ortho nitro benzene ring substituents is 1. The third-order valence-electron chi connectivity index (χ3n) is 3.13. The molecule has 0 aromatic heterocycles. The summed E-state index contributed by atoms with van der Waals surface area (Å²) in [6, 6.07) is 4.69. The Kier molecular flexibility index (Phi) is 4.11. The van der Waals surface area contributed by atoms with Gasteiger partial charge in [-0.05, 0) is 24.6 Å². The van der Waals surface area contributed by atoms with Crippen LogP contribution in [0.4, 0.5) is 5.69 Å². The Bertz CT molecular complexity index is 501. The molecule has 19 heavy (non-hydrogen) atoms. The van der Waals surface area contributed by atoms with Crippen LogP contribution in [-0.2, 0) is 11.3 Å². The van der Waals surface area contributed by atoms with Crippen molar-refractivity contribution in [1.29, 1.82) is 0 Å². The van der Waals surface area contributed by atoms with E-state index < -0.39 is 4.92 Å². The van der Waals surface area contributed by atoms with Gasteiger partial charge in [0.2, 0.25) is 0 Å². The second-order valence-electron chi connectivity index (χ2n) is 4.65. The van der Waals surface area contributed by atoms with E-state index >= 15 is 0 Å². The first kappa shape index (κ1) is 13.5. The average molecular weight is 264 g/mol. The normalized spacial score (nSPS) is 16.4. The first-order chi connectivity index (χ1) is 9.08. The van der Waals surface area contributed by atoms with Crippen molar-refractivity contribution in [3.05, 3.63) is 33.9 Å². The van der Waals surface area contributed by atoms with Gasteiger partial charge in [0.05, 0.1) is 24.6 Å². The van der Waals surface area contributed by atoms with Gasteiger partial charge in [-0.1, -0.05) is 0 Å². The van der Waals surface area contributed by atoms with Crippen LogP contribution >= 0.6 is 0 Å². The number of ketones is 1. The molecule has 102 valence electrons. The van der Waals surface area contributed by atoms with Crippen molar-refractivity contribution in [3.8, 4) is 5.75 Å². The molecule has 1 heterocycles. The van der Waals surface area contributed by atoms with Crippen molar-refractivity contribution in [2.24, 2.45) is 0 Å². The van der Waals surface area contributed by atoms with E-state index in [1.54, 1.807) is 6.07 Å². The summed E-state index contributed by atoms with van der Waals surface area (Å²) >= 11 is 0. The highest BCUT2D eigenvalue weighted by Crippen LogP contribution is 2.24. The van der Waals surface area contributed by atoms with Crippen LogP contribution in [0.2, 0.25) is 0 Å². The lowest BCUT2D eigenvalue weighted by atomic mass is 10.1. The van der Waals surface area contributed by atoms with Gasteiger partial charge >= 0.3 is 0 Å². The smallest absolute Gasteiger partial charge is 0.273 e. The first-order valence-electron chi connectivity index (χ1n) is 6.15. The number of hydrogen-bond donors (Lipinski definition) is 0. The van der Waals surface area contributed by atoms with Crippen molar-refractivity contribution < 1.29 is 14.5 Å². The minimum absolute atomic E-state index is 0.0117. The maximum absolute atomic E-state index is 11.4. The molecule has 0 spiro atoms. The number of likely N-dealkylation sites (tertiary alicyclic amines) is 1. The van der Waals surface area contributed by atoms with Crippen LogP contribution in [0, 0.1) is 10.1 Å². The van der Waals surface area contributed by atoms with Crippen molar-refractivity contribution >= 4 is 11.5 Å². The zero-order valence-corrected chi connectivity index (χ0v) is 10.8. The van der Waals surface area contributed by atoms with Gasteiger partial charge < -0.3 is 4.74 Å². The molecular weight excluding hydrogens is 248 g/mol. The molecule has 1 aromatic carbocycles. The molecule has 6 heteroatoms. The van der Waals surface area contributed by atoms with E-state index in [1.807, 2.05) is 4.90 Å².